The van der Waals surface area contributed by atoms with Crippen molar-refractivity contribution in [3.05, 3.63) is 0 Å². The SMILES string of the molecule is O=S1(=O)OCC(C2CNC2)CO1. The molecule has 6 heteroatoms. The zero-order valence-corrected chi connectivity index (χ0v) is 7.34. The Bertz CT molecular complexity index is 245. The first kappa shape index (κ1) is 8.43. The summed E-state index contributed by atoms with van der Waals surface area (Å²) < 4.78 is 30.4. The van der Waals surface area contributed by atoms with Gasteiger partial charge >= 0.3 is 10.4 Å². The summed E-state index contributed by atoms with van der Waals surface area (Å²) >= 11 is 0. The largest absolute Gasteiger partial charge is 0.399 e. The highest BCUT2D eigenvalue weighted by Gasteiger charge is 2.33. The molecule has 70 valence electrons. The zero-order valence-electron chi connectivity index (χ0n) is 6.52. The lowest BCUT2D eigenvalue weighted by Gasteiger charge is -2.35. The summed E-state index contributed by atoms with van der Waals surface area (Å²) in [6.07, 6.45) is 0. The maximum absolute atomic E-state index is 10.7. The van der Waals surface area contributed by atoms with Crippen molar-refractivity contribution < 1.29 is 16.8 Å². The van der Waals surface area contributed by atoms with Gasteiger partial charge in [-0.2, -0.15) is 8.42 Å². The van der Waals surface area contributed by atoms with Gasteiger partial charge in [-0.1, -0.05) is 0 Å². The van der Waals surface area contributed by atoms with E-state index in [9.17, 15) is 8.42 Å². The third-order valence-electron chi connectivity index (χ3n) is 2.33. The molecule has 0 aromatic heterocycles. The predicted octanol–water partition coefficient (Wildman–Crippen LogP) is -0.886. The monoisotopic (exact) mass is 193 g/mol. The van der Waals surface area contributed by atoms with Crippen LogP contribution in [0.2, 0.25) is 0 Å². The molecule has 0 aliphatic carbocycles. The topological polar surface area (TPSA) is 64.6 Å². The van der Waals surface area contributed by atoms with Gasteiger partial charge in [0.2, 0.25) is 0 Å². The van der Waals surface area contributed by atoms with E-state index in [0.29, 0.717) is 5.92 Å². The van der Waals surface area contributed by atoms with Gasteiger partial charge in [0, 0.05) is 5.92 Å². The third-order valence-corrected chi connectivity index (χ3v) is 3.18. The lowest BCUT2D eigenvalue weighted by molar-refractivity contribution is 0.0526. The van der Waals surface area contributed by atoms with E-state index in [4.69, 9.17) is 0 Å². The molecule has 0 radical (unpaired) electrons. The molecule has 2 saturated heterocycles. The van der Waals surface area contributed by atoms with Crippen LogP contribution in [0, 0.1) is 11.8 Å². The maximum Gasteiger partial charge on any atom is 0.399 e. The fourth-order valence-electron chi connectivity index (χ4n) is 1.34. The molecule has 5 nitrogen and oxygen atoms in total. The molecule has 0 atom stereocenters. The molecule has 1 N–H and O–H groups in total. The lowest BCUT2D eigenvalue weighted by atomic mass is 9.89. The van der Waals surface area contributed by atoms with Crippen molar-refractivity contribution in [1.29, 1.82) is 0 Å². The van der Waals surface area contributed by atoms with Crippen molar-refractivity contribution in [2.45, 2.75) is 0 Å². The molecule has 12 heavy (non-hydrogen) atoms. The van der Waals surface area contributed by atoms with Gasteiger partial charge < -0.3 is 5.32 Å². The normalized spacial score (nSPS) is 31.3. The molecule has 2 fully saturated rings. The molecule has 2 heterocycles. The highest BCUT2D eigenvalue weighted by atomic mass is 32.3. The van der Waals surface area contributed by atoms with Crippen LogP contribution in [0.3, 0.4) is 0 Å². The van der Waals surface area contributed by atoms with Crippen LogP contribution in [0.1, 0.15) is 0 Å². The fourth-order valence-corrected chi connectivity index (χ4v) is 2.09. The molecule has 0 saturated carbocycles. The fraction of sp³-hybridized carbons (Fsp3) is 1.00. The zero-order chi connectivity index (χ0) is 8.60. The van der Waals surface area contributed by atoms with Crippen LogP contribution in [0.5, 0.6) is 0 Å². The van der Waals surface area contributed by atoms with Crippen molar-refractivity contribution in [3.8, 4) is 0 Å². The van der Waals surface area contributed by atoms with E-state index in [1.165, 1.54) is 0 Å². The minimum Gasteiger partial charge on any atom is -0.316 e. The molecular formula is C6H11NO4S. The van der Waals surface area contributed by atoms with Crippen LogP contribution in [0.15, 0.2) is 0 Å². The standard InChI is InChI=1S/C6H11NO4S/c8-12(9)10-3-6(4-11-12)5-1-7-2-5/h5-7H,1-4H2. The summed E-state index contributed by atoms with van der Waals surface area (Å²) in [5, 5.41) is 3.12. The Balaban J connectivity index is 1.89. The van der Waals surface area contributed by atoms with Crippen molar-refractivity contribution in [1.82, 2.24) is 5.32 Å². The van der Waals surface area contributed by atoms with E-state index in [1.807, 2.05) is 0 Å². The van der Waals surface area contributed by atoms with Crippen molar-refractivity contribution in [2.24, 2.45) is 11.8 Å². The first-order valence-electron chi connectivity index (χ1n) is 3.92. The first-order chi connectivity index (χ1) is 5.67. The summed E-state index contributed by atoms with van der Waals surface area (Å²) in [5.74, 6) is 0.746. The van der Waals surface area contributed by atoms with Crippen molar-refractivity contribution in [3.63, 3.8) is 0 Å². The van der Waals surface area contributed by atoms with Gasteiger partial charge in [0.1, 0.15) is 0 Å². The second-order valence-corrected chi connectivity index (χ2v) is 4.44. The van der Waals surface area contributed by atoms with Crippen LogP contribution < -0.4 is 5.32 Å². The average molecular weight is 193 g/mol. The smallest absolute Gasteiger partial charge is 0.316 e. The van der Waals surface area contributed by atoms with Gasteiger partial charge in [0.05, 0.1) is 13.2 Å². The molecular weight excluding hydrogens is 182 g/mol. The second kappa shape index (κ2) is 2.95. The summed E-state index contributed by atoms with van der Waals surface area (Å²) in [6.45, 7) is 2.43. The highest BCUT2D eigenvalue weighted by molar-refractivity contribution is 7.81. The maximum atomic E-state index is 10.7. The number of nitrogens with one attached hydrogen (secondary N) is 1. The molecule has 0 unspecified atom stereocenters. The Morgan fingerprint density at radius 1 is 1.08 bits per heavy atom. The number of hydrogen-bond acceptors (Lipinski definition) is 5. The summed E-state index contributed by atoms with van der Waals surface area (Å²) in [6, 6.07) is 0. The van der Waals surface area contributed by atoms with Crippen LogP contribution in [-0.2, 0) is 18.8 Å². The van der Waals surface area contributed by atoms with Gasteiger partial charge in [-0.3, -0.25) is 0 Å². The Kier molecular flexibility index (Phi) is 2.07. The third kappa shape index (κ3) is 1.61. The van der Waals surface area contributed by atoms with Crippen LogP contribution in [0.4, 0.5) is 0 Å². The molecule has 2 aliphatic heterocycles. The molecule has 0 amide bonds. The van der Waals surface area contributed by atoms with Gasteiger partial charge in [-0.25, -0.2) is 8.37 Å². The quantitative estimate of drug-likeness (QED) is 0.585. The van der Waals surface area contributed by atoms with E-state index in [2.05, 4.69) is 13.7 Å². The average Bonchev–Trinajstić information content (AvgIpc) is 1.89. The van der Waals surface area contributed by atoms with E-state index in [1.54, 1.807) is 0 Å². The Morgan fingerprint density at radius 2 is 1.67 bits per heavy atom. The van der Waals surface area contributed by atoms with Gasteiger partial charge in [0.15, 0.2) is 0 Å². The van der Waals surface area contributed by atoms with Crippen molar-refractivity contribution >= 4 is 10.4 Å². The minimum atomic E-state index is -3.65. The Labute approximate surface area is 71.4 Å². The molecule has 0 spiro atoms. The summed E-state index contributed by atoms with van der Waals surface area (Å²) in [4.78, 5) is 0. The molecule has 0 aromatic carbocycles. The van der Waals surface area contributed by atoms with E-state index in [0.717, 1.165) is 13.1 Å². The van der Waals surface area contributed by atoms with E-state index < -0.39 is 10.4 Å². The number of rotatable bonds is 1. The van der Waals surface area contributed by atoms with Gasteiger partial charge in [0.25, 0.3) is 0 Å². The lowest BCUT2D eigenvalue weighted by Crippen LogP contribution is -2.50. The van der Waals surface area contributed by atoms with Gasteiger partial charge in [-0.05, 0) is 19.0 Å². The first-order valence-corrected chi connectivity index (χ1v) is 5.25. The van der Waals surface area contributed by atoms with Crippen LogP contribution in [-0.4, -0.2) is 34.7 Å². The molecule has 2 rings (SSSR count). The summed E-state index contributed by atoms with van der Waals surface area (Å²) in [7, 11) is -3.65. The molecule has 2 aliphatic rings. The minimum absolute atomic E-state index is 0.231. The van der Waals surface area contributed by atoms with Gasteiger partial charge in [-0.15, -0.1) is 0 Å². The second-order valence-electron chi connectivity index (χ2n) is 3.16. The predicted molar refractivity (Wildman–Crippen MR) is 40.7 cm³/mol. The van der Waals surface area contributed by atoms with E-state index >= 15 is 0 Å². The van der Waals surface area contributed by atoms with Crippen LogP contribution >= 0.6 is 0 Å². The number of hydrogen-bond donors (Lipinski definition) is 1. The molecule has 0 aromatic rings. The Hall–Kier alpha value is -0.170. The van der Waals surface area contributed by atoms with Crippen LogP contribution in [0.25, 0.3) is 0 Å². The Morgan fingerprint density at radius 3 is 2.08 bits per heavy atom. The molecule has 0 bridgehead atoms. The van der Waals surface area contributed by atoms with E-state index in [-0.39, 0.29) is 19.1 Å². The summed E-state index contributed by atoms with van der Waals surface area (Å²) in [5.41, 5.74) is 0. The highest BCUT2D eigenvalue weighted by Crippen LogP contribution is 2.22. The van der Waals surface area contributed by atoms with Crippen molar-refractivity contribution in [2.75, 3.05) is 26.3 Å².